The molecule has 2 aromatic carbocycles. The largest absolute Gasteiger partial charge is 0.497 e. The molecule has 2 amide bonds. The molecule has 1 fully saturated rings. The van der Waals surface area contributed by atoms with E-state index >= 15 is 0 Å². The number of methoxy groups -OCH3 is 1. The van der Waals surface area contributed by atoms with E-state index < -0.39 is 11.8 Å². The Kier molecular flexibility index (Phi) is 7.50. The fraction of sp³-hybridized carbons (Fsp3) is 0.462. The quantitative estimate of drug-likeness (QED) is 0.635. The molecule has 1 saturated heterocycles. The van der Waals surface area contributed by atoms with Gasteiger partial charge in [-0.1, -0.05) is 30.7 Å². The van der Waals surface area contributed by atoms with Crippen molar-refractivity contribution in [2.75, 3.05) is 45.2 Å². The minimum absolute atomic E-state index is 0.0693. The van der Waals surface area contributed by atoms with Crippen molar-refractivity contribution in [3.05, 3.63) is 59.2 Å². The average Bonchev–Trinajstić information content (AvgIpc) is 3.23. The van der Waals surface area contributed by atoms with Gasteiger partial charge in [0.25, 0.3) is 0 Å². The van der Waals surface area contributed by atoms with Crippen molar-refractivity contribution in [2.24, 2.45) is 0 Å². The van der Waals surface area contributed by atoms with Crippen LogP contribution < -0.4 is 20.3 Å². The Hall–Kier alpha value is -3.06. The van der Waals surface area contributed by atoms with Crippen LogP contribution in [0.15, 0.2) is 42.5 Å². The van der Waals surface area contributed by atoms with E-state index in [9.17, 15) is 9.59 Å². The van der Waals surface area contributed by atoms with Crippen LogP contribution in [0.4, 0.5) is 5.69 Å². The van der Waals surface area contributed by atoms with Gasteiger partial charge in [-0.2, -0.15) is 0 Å². The van der Waals surface area contributed by atoms with E-state index in [1.807, 2.05) is 24.3 Å². The highest BCUT2D eigenvalue weighted by Gasteiger charge is 2.26. The molecule has 2 aliphatic rings. The maximum Gasteiger partial charge on any atom is 0.309 e. The van der Waals surface area contributed by atoms with E-state index in [1.54, 1.807) is 7.11 Å². The van der Waals surface area contributed by atoms with Crippen molar-refractivity contribution in [1.82, 2.24) is 15.5 Å². The lowest BCUT2D eigenvalue weighted by molar-refractivity contribution is -0.139. The van der Waals surface area contributed by atoms with Crippen LogP contribution in [-0.2, 0) is 22.6 Å². The van der Waals surface area contributed by atoms with E-state index in [-0.39, 0.29) is 6.04 Å². The Bertz CT molecular complexity index is 970. The first-order valence-electron chi connectivity index (χ1n) is 11.8. The summed E-state index contributed by atoms with van der Waals surface area (Å²) in [5.41, 5.74) is 4.77. The first-order chi connectivity index (χ1) is 16.0. The molecule has 2 aromatic rings. The highest BCUT2D eigenvalue weighted by Crippen LogP contribution is 2.32. The minimum Gasteiger partial charge on any atom is -0.497 e. The molecule has 0 aromatic heterocycles. The first-order valence-corrected chi connectivity index (χ1v) is 11.8. The zero-order valence-electron chi connectivity index (χ0n) is 19.6. The molecule has 4 rings (SSSR count). The number of carbonyl (C=O) groups is 2. The average molecular weight is 451 g/mol. The summed E-state index contributed by atoms with van der Waals surface area (Å²) < 4.78 is 5.15. The van der Waals surface area contributed by atoms with E-state index in [1.165, 1.54) is 36.1 Å². The van der Waals surface area contributed by atoms with Crippen molar-refractivity contribution in [2.45, 2.75) is 38.3 Å². The number of hydrogen-bond donors (Lipinski definition) is 2. The van der Waals surface area contributed by atoms with Crippen molar-refractivity contribution < 1.29 is 14.3 Å². The minimum atomic E-state index is -0.612. The van der Waals surface area contributed by atoms with Gasteiger partial charge in [0.1, 0.15) is 5.75 Å². The zero-order chi connectivity index (χ0) is 23.2. The second-order valence-electron chi connectivity index (χ2n) is 8.91. The molecule has 2 heterocycles. The molecule has 0 aliphatic carbocycles. The number of ether oxygens (including phenoxy) is 1. The van der Waals surface area contributed by atoms with Gasteiger partial charge in [-0.15, -0.1) is 0 Å². The number of carbonyl (C=O) groups excluding carboxylic acids is 2. The Labute approximate surface area is 196 Å². The number of anilines is 1. The summed E-state index contributed by atoms with van der Waals surface area (Å²) in [4.78, 5) is 29.7. The van der Waals surface area contributed by atoms with Crippen LogP contribution in [0, 0.1) is 0 Å². The van der Waals surface area contributed by atoms with Gasteiger partial charge in [0.15, 0.2) is 0 Å². The molecular formula is C26H34N4O3. The molecule has 1 atom stereocenters. The van der Waals surface area contributed by atoms with Crippen LogP contribution in [0.25, 0.3) is 0 Å². The summed E-state index contributed by atoms with van der Waals surface area (Å²) in [5.74, 6) is -0.449. The standard InChI is InChI=1S/C26H34N4O3/c1-29-15-12-21-16-20(8-11-23(21)29)24(30-13-4-3-5-14-30)18-28-26(32)25(31)27-17-19-6-9-22(33-2)10-7-19/h6-11,16,24H,3-5,12-15,17-18H2,1-2H3,(H,27,31)(H,28,32)/t24-/m1/s1. The molecule has 0 unspecified atom stereocenters. The molecule has 7 heteroatoms. The monoisotopic (exact) mass is 450 g/mol. The lowest BCUT2D eigenvalue weighted by atomic mass is 9.98. The van der Waals surface area contributed by atoms with E-state index in [0.29, 0.717) is 13.1 Å². The van der Waals surface area contributed by atoms with Crippen molar-refractivity contribution in [3.63, 3.8) is 0 Å². The number of nitrogens with one attached hydrogen (secondary N) is 2. The molecule has 33 heavy (non-hydrogen) atoms. The fourth-order valence-electron chi connectivity index (χ4n) is 4.76. The van der Waals surface area contributed by atoms with Crippen LogP contribution in [0.5, 0.6) is 5.75 Å². The summed E-state index contributed by atoms with van der Waals surface area (Å²) >= 11 is 0. The lowest BCUT2D eigenvalue weighted by Gasteiger charge is -2.35. The number of likely N-dealkylation sites (tertiary alicyclic amines) is 1. The maximum absolute atomic E-state index is 12.5. The summed E-state index contributed by atoms with van der Waals surface area (Å²) in [6.45, 7) is 3.79. The van der Waals surface area contributed by atoms with Gasteiger partial charge in [0.05, 0.1) is 13.2 Å². The molecule has 7 nitrogen and oxygen atoms in total. The number of piperidine rings is 1. The summed E-state index contributed by atoms with van der Waals surface area (Å²) in [6.07, 6.45) is 4.63. The van der Waals surface area contributed by atoms with Gasteiger partial charge in [-0.25, -0.2) is 0 Å². The number of nitrogens with zero attached hydrogens (tertiary/aromatic N) is 2. The summed E-state index contributed by atoms with van der Waals surface area (Å²) in [7, 11) is 3.73. The van der Waals surface area contributed by atoms with Gasteiger partial charge in [0.2, 0.25) is 0 Å². The second-order valence-corrected chi connectivity index (χ2v) is 8.91. The molecule has 0 bridgehead atoms. The number of likely N-dealkylation sites (N-methyl/N-ethyl adjacent to an activating group) is 1. The SMILES string of the molecule is COc1ccc(CNC(=O)C(=O)NC[C@H](c2ccc3c(c2)CCN3C)N2CCCCC2)cc1. The summed E-state index contributed by atoms with van der Waals surface area (Å²) in [5, 5.41) is 5.59. The highest BCUT2D eigenvalue weighted by atomic mass is 16.5. The highest BCUT2D eigenvalue weighted by molar-refractivity contribution is 6.35. The third kappa shape index (κ3) is 5.66. The van der Waals surface area contributed by atoms with Crippen molar-refractivity contribution >= 4 is 17.5 Å². The van der Waals surface area contributed by atoms with Crippen LogP contribution in [0.2, 0.25) is 0 Å². The molecule has 2 aliphatic heterocycles. The molecule has 176 valence electrons. The van der Waals surface area contributed by atoms with Gasteiger partial charge in [0, 0.05) is 32.4 Å². The van der Waals surface area contributed by atoms with Gasteiger partial charge >= 0.3 is 11.8 Å². The third-order valence-corrected chi connectivity index (χ3v) is 6.72. The second kappa shape index (κ2) is 10.7. The Morgan fingerprint density at radius 3 is 2.42 bits per heavy atom. The van der Waals surface area contributed by atoms with Crippen molar-refractivity contribution in [1.29, 1.82) is 0 Å². The predicted octanol–water partition coefficient (Wildman–Crippen LogP) is 2.65. The van der Waals surface area contributed by atoms with Crippen LogP contribution >= 0.6 is 0 Å². The Morgan fingerprint density at radius 2 is 1.70 bits per heavy atom. The molecule has 0 spiro atoms. The fourth-order valence-corrected chi connectivity index (χ4v) is 4.76. The zero-order valence-corrected chi connectivity index (χ0v) is 19.6. The number of hydrogen-bond acceptors (Lipinski definition) is 5. The molecule has 2 N–H and O–H groups in total. The maximum atomic E-state index is 12.5. The number of benzene rings is 2. The number of rotatable bonds is 7. The number of amides is 2. The van der Waals surface area contributed by atoms with Crippen LogP contribution in [-0.4, -0.2) is 57.1 Å². The molecule has 0 saturated carbocycles. The van der Waals surface area contributed by atoms with Crippen LogP contribution in [0.1, 0.15) is 42.0 Å². The topological polar surface area (TPSA) is 73.9 Å². The first kappa shape index (κ1) is 23.1. The number of fused-ring (bicyclic) bond motifs is 1. The summed E-state index contributed by atoms with van der Waals surface area (Å²) in [6, 6.07) is 14.1. The Morgan fingerprint density at radius 1 is 0.970 bits per heavy atom. The smallest absolute Gasteiger partial charge is 0.309 e. The van der Waals surface area contributed by atoms with Crippen LogP contribution in [0.3, 0.4) is 0 Å². The van der Waals surface area contributed by atoms with E-state index in [4.69, 9.17) is 4.74 Å². The van der Waals surface area contributed by atoms with Gasteiger partial charge in [-0.05, 0) is 67.2 Å². The Balaban J connectivity index is 1.37. The van der Waals surface area contributed by atoms with Gasteiger partial charge < -0.3 is 20.3 Å². The predicted molar refractivity (Wildman–Crippen MR) is 129 cm³/mol. The molecular weight excluding hydrogens is 416 g/mol. The lowest BCUT2D eigenvalue weighted by Crippen LogP contribution is -2.45. The third-order valence-electron chi connectivity index (χ3n) is 6.72. The molecule has 0 radical (unpaired) electrons. The van der Waals surface area contributed by atoms with Crippen molar-refractivity contribution in [3.8, 4) is 5.75 Å². The van der Waals surface area contributed by atoms with Gasteiger partial charge in [-0.3, -0.25) is 14.5 Å². The van der Waals surface area contributed by atoms with E-state index in [2.05, 4.69) is 45.7 Å². The normalized spacial score (nSPS) is 16.7. The van der Waals surface area contributed by atoms with E-state index in [0.717, 1.165) is 37.4 Å².